The number of hydrogen-bond donors (Lipinski definition) is 1. The molecule has 1 amide bonds. The quantitative estimate of drug-likeness (QED) is 0.691. The minimum absolute atomic E-state index is 0.214. The van der Waals surface area contributed by atoms with Gasteiger partial charge in [-0.25, -0.2) is 0 Å². The van der Waals surface area contributed by atoms with Crippen molar-refractivity contribution in [1.29, 1.82) is 0 Å². The summed E-state index contributed by atoms with van der Waals surface area (Å²) in [6, 6.07) is 0.659. The van der Waals surface area contributed by atoms with Gasteiger partial charge in [-0.1, -0.05) is 0 Å². The summed E-state index contributed by atoms with van der Waals surface area (Å²) in [6.45, 7) is 7.21. The number of likely N-dealkylation sites (N-methyl/N-ethyl adjacent to an activating group) is 1. The highest BCUT2D eigenvalue weighted by atomic mass is 16.2. The summed E-state index contributed by atoms with van der Waals surface area (Å²) in [7, 11) is 3.65. The van der Waals surface area contributed by atoms with E-state index in [-0.39, 0.29) is 5.91 Å². The maximum Gasteiger partial charge on any atom is 0.236 e. The molecule has 17 heavy (non-hydrogen) atoms. The van der Waals surface area contributed by atoms with Crippen LogP contribution in [0.5, 0.6) is 0 Å². The van der Waals surface area contributed by atoms with Gasteiger partial charge < -0.3 is 10.2 Å². The first kappa shape index (κ1) is 12.8. The number of carbonyl (C=O) groups excluding carboxylic acids is 1. The molecule has 2 aliphatic rings. The predicted molar refractivity (Wildman–Crippen MR) is 68.0 cm³/mol. The van der Waals surface area contributed by atoms with Gasteiger partial charge in [0.05, 0.1) is 6.54 Å². The molecular formula is C12H24N4O. The molecule has 2 saturated heterocycles. The zero-order valence-corrected chi connectivity index (χ0v) is 11.0. The van der Waals surface area contributed by atoms with Crippen molar-refractivity contribution >= 4 is 5.91 Å². The second-order valence-electron chi connectivity index (χ2n) is 5.25. The van der Waals surface area contributed by atoms with Crippen LogP contribution in [0.2, 0.25) is 0 Å². The molecule has 0 radical (unpaired) electrons. The van der Waals surface area contributed by atoms with Crippen LogP contribution in [-0.4, -0.2) is 86.6 Å². The van der Waals surface area contributed by atoms with Crippen molar-refractivity contribution < 1.29 is 4.79 Å². The number of hydrogen-bond acceptors (Lipinski definition) is 4. The lowest BCUT2D eigenvalue weighted by Gasteiger charge is -2.32. The third-order valence-corrected chi connectivity index (χ3v) is 3.77. The van der Waals surface area contributed by atoms with Crippen LogP contribution in [0.25, 0.3) is 0 Å². The molecule has 0 aromatic carbocycles. The SMILES string of the molecule is CN(C)C(=O)CN1CCC(N2CCNCC2)C1. The van der Waals surface area contributed by atoms with Crippen LogP contribution in [-0.2, 0) is 4.79 Å². The lowest BCUT2D eigenvalue weighted by Crippen LogP contribution is -2.49. The Morgan fingerprint density at radius 1 is 1.29 bits per heavy atom. The minimum Gasteiger partial charge on any atom is -0.348 e. The van der Waals surface area contributed by atoms with Gasteiger partial charge in [0, 0.05) is 59.4 Å². The molecule has 2 rings (SSSR count). The highest BCUT2D eigenvalue weighted by molar-refractivity contribution is 5.77. The Morgan fingerprint density at radius 2 is 2.00 bits per heavy atom. The van der Waals surface area contributed by atoms with Crippen molar-refractivity contribution in [2.45, 2.75) is 12.5 Å². The summed E-state index contributed by atoms with van der Waals surface area (Å²) in [5, 5.41) is 3.38. The molecule has 1 unspecified atom stereocenters. The summed E-state index contributed by atoms with van der Waals surface area (Å²) in [5.41, 5.74) is 0. The van der Waals surface area contributed by atoms with Crippen molar-refractivity contribution in [3.8, 4) is 0 Å². The molecular weight excluding hydrogens is 216 g/mol. The van der Waals surface area contributed by atoms with Crippen LogP contribution in [0.15, 0.2) is 0 Å². The topological polar surface area (TPSA) is 38.8 Å². The van der Waals surface area contributed by atoms with Crippen molar-refractivity contribution in [2.24, 2.45) is 0 Å². The molecule has 0 spiro atoms. The van der Waals surface area contributed by atoms with E-state index in [4.69, 9.17) is 0 Å². The molecule has 1 atom stereocenters. The van der Waals surface area contributed by atoms with Crippen LogP contribution in [0.4, 0.5) is 0 Å². The summed E-state index contributed by atoms with van der Waals surface area (Å²) < 4.78 is 0. The van der Waals surface area contributed by atoms with Crippen LogP contribution in [0.3, 0.4) is 0 Å². The third kappa shape index (κ3) is 3.40. The van der Waals surface area contributed by atoms with E-state index in [1.165, 1.54) is 6.42 Å². The van der Waals surface area contributed by atoms with Crippen LogP contribution < -0.4 is 5.32 Å². The molecule has 5 heteroatoms. The number of likely N-dealkylation sites (tertiary alicyclic amines) is 1. The van der Waals surface area contributed by atoms with Crippen molar-refractivity contribution in [3.63, 3.8) is 0 Å². The van der Waals surface area contributed by atoms with Crippen LogP contribution >= 0.6 is 0 Å². The minimum atomic E-state index is 0.214. The molecule has 0 saturated carbocycles. The van der Waals surface area contributed by atoms with Gasteiger partial charge >= 0.3 is 0 Å². The average Bonchev–Trinajstić information content (AvgIpc) is 2.78. The molecule has 2 fully saturated rings. The normalized spacial score (nSPS) is 27.3. The lowest BCUT2D eigenvalue weighted by atomic mass is 10.2. The van der Waals surface area contributed by atoms with Gasteiger partial charge in [0.25, 0.3) is 0 Å². The van der Waals surface area contributed by atoms with E-state index in [2.05, 4.69) is 15.1 Å². The van der Waals surface area contributed by atoms with Gasteiger partial charge in [-0.05, 0) is 6.42 Å². The largest absolute Gasteiger partial charge is 0.348 e. The van der Waals surface area contributed by atoms with Crippen LogP contribution in [0, 0.1) is 0 Å². The summed E-state index contributed by atoms with van der Waals surface area (Å²) in [4.78, 5) is 18.2. The molecule has 0 aromatic heterocycles. The van der Waals surface area contributed by atoms with Crippen molar-refractivity contribution in [2.75, 3.05) is 59.9 Å². The Bertz CT molecular complexity index is 263. The molecule has 1 N–H and O–H groups in total. The van der Waals surface area contributed by atoms with E-state index in [9.17, 15) is 4.79 Å². The number of piperazine rings is 1. The number of carbonyl (C=O) groups is 1. The first-order chi connectivity index (χ1) is 8.16. The molecule has 0 aliphatic carbocycles. The molecule has 0 bridgehead atoms. The van der Waals surface area contributed by atoms with E-state index in [0.29, 0.717) is 12.6 Å². The predicted octanol–water partition coefficient (Wildman–Crippen LogP) is -0.946. The fourth-order valence-electron chi connectivity index (χ4n) is 2.63. The summed E-state index contributed by atoms with van der Waals surface area (Å²) >= 11 is 0. The molecule has 5 nitrogen and oxygen atoms in total. The number of amides is 1. The molecule has 98 valence electrons. The smallest absolute Gasteiger partial charge is 0.236 e. The van der Waals surface area contributed by atoms with E-state index in [0.717, 1.165) is 39.3 Å². The first-order valence-corrected chi connectivity index (χ1v) is 6.54. The second kappa shape index (κ2) is 5.80. The van der Waals surface area contributed by atoms with Gasteiger partial charge in [-0.2, -0.15) is 0 Å². The van der Waals surface area contributed by atoms with Gasteiger partial charge in [-0.15, -0.1) is 0 Å². The Hall–Kier alpha value is -0.650. The molecule has 2 heterocycles. The Morgan fingerprint density at radius 3 is 2.65 bits per heavy atom. The van der Waals surface area contributed by atoms with E-state index in [1.54, 1.807) is 4.90 Å². The van der Waals surface area contributed by atoms with Crippen LogP contribution in [0.1, 0.15) is 6.42 Å². The molecule has 2 aliphatic heterocycles. The number of nitrogens with zero attached hydrogens (tertiary/aromatic N) is 3. The van der Waals surface area contributed by atoms with E-state index < -0.39 is 0 Å². The lowest BCUT2D eigenvalue weighted by molar-refractivity contribution is -0.129. The Kier molecular flexibility index (Phi) is 4.36. The highest BCUT2D eigenvalue weighted by Gasteiger charge is 2.29. The molecule has 0 aromatic rings. The fourth-order valence-corrected chi connectivity index (χ4v) is 2.63. The maximum atomic E-state index is 11.6. The van der Waals surface area contributed by atoms with Crippen molar-refractivity contribution in [1.82, 2.24) is 20.0 Å². The fraction of sp³-hybridized carbons (Fsp3) is 0.917. The first-order valence-electron chi connectivity index (χ1n) is 6.54. The zero-order chi connectivity index (χ0) is 12.3. The number of rotatable bonds is 3. The average molecular weight is 240 g/mol. The number of nitrogens with one attached hydrogen (secondary N) is 1. The Balaban J connectivity index is 1.76. The monoisotopic (exact) mass is 240 g/mol. The van der Waals surface area contributed by atoms with Gasteiger partial charge in [0.2, 0.25) is 5.91 Å². The van der Waals surface area contributed by atoms with Gasteiger partial charge in [0.1, 0.15) is 0 Å². The van der Waals surface area contributed by atoms with E-state index >= 15 is 0 Å². The van der Waals surface area contributed by atoms with Crippen molar-refractivity contribution in [3.05, 3.63) is 0 Å². The van der Waals surface area contributed by atoms with Gasteiger partial charge in [0.15, 0.2) is 0 Å². The van der Waals surface area contributed by atoms with Gasteiger partial charge in [-0.3, -0.25) is 14.6 Å². The van der Waals surface area contributed by atoms with E-state index in [1.807, 2.05) is 14.1 Å². The second-order valence-corrected chi connectivity index (χ2v) is 5.25. The highest BCUT2D eigenvalue weighted by Crippen LogP contribution is 2.15. The Labute approximate surface area is 104 Å². The summed E-state index contributed by atoms with van der Waals surface area (Å²) in [6.07, 6.45) is 1.21. The standard InChI is InChI=1S/C12H24N4O/c1-14(2)12(17)10-15-6-3-11(9-15)16-7-4-13-5-8-16/h11,13H,3-10H2,1-2H3. The third-order valence-electron chi connectivity index (χ3n) is 3.77. The maximum absolute atomic E-state index is 11.6. The zero-order valence-electron chi connectivity index (χ0n) is 11.0. The summed E-state index contributed by atoms with van der Waals surface area (Å²) in [5.74, 6) is 0.214.